The molecule has 6 nitrogen and oxygen atoms in total. The topological polar surface area (TPSA) is 65.4 Å². The molecule has 0 saturated heterocycles. The molecule has 0 spiro atoms. The number of imidazole rings is 1. The average Bonchev–Trinajstić information content (AvgIpc) is 3.22. The van der Waals surface area contributed by atoms with E-state index in [2.05, 4.69) is 16.0 Å². The lowest BCUT2D eigenvalue weighted by molar-refractivity contribution is 0.0949. The number of halogens is 1. The highest BCUT2D eigenvalue weighted by molar-refractivity contribution is 5.94. The zero-order valence-corrected chi connectivity index (χ0v) is 19.2. The summed E-state index contributed by atoms with van der Waals surface area (Å²) in [4.78, 5) is 17.0. The summed E-state index contributed by atoms with van der Waals surface area (Å²) in [6.07, 6.45) is 2.19. The molecule has 0 aliphatic rings. The first-order valence-corrected chi connectivity index (χ1v) is 11.4. The maximum atomic E-state index is 13.8. The van der Waals surface area contributed by atoms with Crippen molar-refractivity contribution in [1.82, 2.24) is 14.9 Å². The molecule has 1 aromatic heterocycles. The van der Waals surface area contributed by atoms with E-state index in [1.54, 1.807) is 19.2 Å². The molecule has 0 unspecified atom stereocenters. The third-order valence-electron chi connectivity index (χ3n) is 5.57. The van der Waals surface area contributed by atoms with Crippen LogP contribution in [0.3, 0.4) is 0 Å². The molecule has 0 radical (unpaired) electrons. The summed E-state index contributed by atoms with van der Waals surface area (Å²) in [5.74, 6) is 1.48. The van der Waals surface area contributed by atoms with Crippen LogP contribution in [0.15, 0.2) is 72.8 Å². The number of carbonyl (C=O) groups is 1. The third kappa shape index (κ3) is 5.54. The first-order chi connectivity index (χ1) is 16.7. The van der Waals surface area contributed by atoms with Crippen molar-refractivity contribution < 1.29 is 18.7 Å². The molecule has 0 fully saturated rings. The van der Waals surface area contributed by atoms with Crippen LogP contribution in [0.2, 0.25) is 0 Å². The highest BCUT2D eigenvalue weighted by Crippen LogP contribution is 2.26. The van der Waals surface area contributed by atoms with Crippen molar-refractivity contribution >= 4 is 16.9 Å². The molecule has 1 heterocycles. The number of nitrogens with one attached hydrogen (secondary N) is 1. The van der Waals surface area contributed by atoms with Crippen LogP contribution in [0, 0.1) is 5.82 Å². The standard InChI is InChI=1S/C27H28FN3O3/c1-33-24-14-6-7-15-25(24)34-19-9-18-31-23-13-5-4-12-22(23)30-26(31)16-8-17-29-27(32)20-10-2-3-11-21(20)28/h2-7,10-15H,8-9,16-19H2,1H3,(H,29,32). The molecule has 1 amide bonds. The summed E-state index contributed by atoms with van der Waals surface area (Å²) < 4.78 is 27.3. The quantitative estimate of drug-likeness (QED) is 0.319. The van der Waals surface area contributed by atoms with Gasteiger partial charge < -0.3 is 19.4 Å². The molecule has 3 aromatic carbocycles. The minimum absolute atomic E-state index is 0.0600. The third-order valence-corrected chi connectivity index (χ3v) is 5.57. The Hall–Kier alpha value is -3.87. The van der Waals surface area contributed by atoms with Crippen LogP contribution < -0.4 is 14.8 Å². The van der Waals surface area contributed by atoms with Crippen molar-refractivity contribution in [2.24, 2.45) is 0 Å². The maximum absolute atomic E-state index is 13.8. The van der Waals surface area contributed by atoms with Gasteiger partial charge in [0, 0.05) is 19.5 Å². The van der Waals surface area contributed by atoms with Crippen LogP contribution >= 0.6 is 0 Å². The van der Waals surface area contributed by atoms with Gasteiger partial charge in [-0.05, 0) is 49.2 Å². The number of aryl methyl sites for hydroxylation is 2. The summed E-state index contributed by atoms with van der Waals surface area (Å²) in [6, 6.07) is 21.6. The zero-order valence-electron chi connectivity index (χ0n) is 19.2. The summed E-state index contributed by atoms with van der Waals surface area (Å²) in [7, 11) is 1.63. The highest BCUT2D eigenvalue weighted by Gasteiger charge is 2.12. The van der Waals surface area contributed by atoms with Crippen molar-refractivity contribution in [3.05, 3.63) is 90.0 Å². The Bertz CT molecular complexity index is 1250. The van der Waals surface area contributed by atoms with Crippen molar-refractivity contribution in [2.75, 3.05) is 20.3 Å². The minimum atomic E-state index is -0.517. The number of rotatable bonds is 11. The number of aromatic nitrogens is 2. The molecular formula is C27H28FN3O3. The van der Waals surface area contributed by atoms with Gasteiger partial charge in [-0.3, -0.25) is 4.79 Å². The fraction of sp³-hybridized carbons (Fsp3) is 0.259. The van der Waals surface area contributed by atoms with Gasteiger partial charge in [0.15, 0.2) is 11.5 Å². The van der Waals surface area contributed by atoms with Crippen molar-refractivity contribution in [2.45, 2.75) is 25.8 Å². The van der Waals surface area contributed by atoms with Crippen LogP contribution in [-0.2, 0) is 13.0 Å². The number of hydrogen-bond acceptors (Lipinski definition) is 4. The largest absolute Gasteiger partial charge is 0.493 e. The smallest absolute Gasteiger partial charge is 0.254 e. The molecule has 4 rings (SSSR count). The van der Waals surface area contributed by atoms with Gasteiger partial charge in [0.25, 0.3) is 5.91 Å². The van der Waals surface area contributed by atoms with Crippen LogP contribution in [0.1, 0.15) is 29.0 Å². The molecule has 0 saturated carbocycles. The second-order valence-electron chi connectivity index (χ2n) is 7.86. The monoisotopic (exact) mass is 461 g/mol. The lowest BCUT2D eigenvalue weighted by Crippen LogP contribution is -2.25. The Morgan fingerprint density at radius 3 is 2.53 bits per heavy atom. The van der Waals surface area contributed by atoms with Crippen LogP contribution in [-0.4, -0.2) is 35.7 Å². The fourth-order valence-corrected chi connectivity index (χ4v) is 3.90. The van der Waals surface area contributed by atoms with E-state index in [9.17, 15) is 9.18 Å². The minimum Gasteiger partial charge on any atom is -0.493 e. The van der Waals surface area contributed by atoms with E-state index in [-0.39, 0.29) is 5.56 Å². The normalized spacial score (nSPS) is 10.9. The van der Waals surface area contributed by atoms with Crippen LogP contribution in [0.4, 0.5) is 4.39 Å². The molecule has 7 heteroatoms. The molecule has 34 heavy (non-hydrogen) atoms. The molecule has 176 valence electrons. The summed E-state index contributed by atoms with van der Waals surface area (Å²) in [5.41, 5.74) is 2.08. The molecule has 0 atom stereocenters. The van der Waals surface area contributed by atoms with E-state index in [0.29, 0.717) is 31.7 Å². The number of hydrogen-bond donors (Lipinski definition) is 1. The summed E-state index contributed by atoms with van der Waals surface area (Å²) >= 11 is 0. The number of benzene rings is 3. The summed E-state index contributed by atoms with van der Waals surface area (Å²) in [5, 5.41) is 2.80. The maximum Gasteiger partial charge on any atom is 0.254 e. The van der Waals surface area contributed by atoms with E-state index in [0.717, 1.165) is 35.6 Å². The zero-order chi connectivity index (χ0) is 23.8. The first kappa shape index (κ1) is 23.3. The molecule has 4 aromatic rings. The Labute approximate surface area is 198 Å². The van der Waals surface area contributed by atoms with Crippen molar-refractivity contribution in [3.63, 3.8) is 0 Å². The number of methoxy groups -OCH3 is 1. The lowest BCUT2D eigenvalue weighted by atomic mass is 10.2. The SMILES string of the molecule is COc1ccccc1OCCCn1c(CCCNC(=O)c2ccccc2F)nc2ccccc21. The second kappa shape index (κ2) is 11.3. The Balaban J connectivity index is 1.34. The van der Waals surface area contributed by atoms with E-state index in [1.165, 1.54) is 12.1 Å². The van der Waals surface area contributed by atoms with Gasteiger partial charge in [-0.15, -0.1) is 0 Å². The van der Waals surface area contributed by atoms with Crippen molar-refractivity contribution in [3.8, 4) is 11.5 Å². The van der Waals surface area contributed by atoms with E-state index >= 15 is 0 Å². The van der Waals surface area contributed by atoms with Gasteiger partial charge in [-0.1, -0.05) is 36.4 Å². The van der Waals surface area contributed by atoms with Crippen molar-refractivity contribution in [1.29, 1.82) is 0 Å². The van der Waals surface area contributed by atoms with Crippen LogP contribution in [0.25, 0.3) is 11.0 Å². The van der Waals surface area contributed by atoms with Gasteiger partial charge in [-0.2, -0.15) is 0 Å². The van der Waals surface area contributed by atoms with E-state index < -0.39 is 11.7 Å². The number of nitrogens with zero attached hydrogens (tertiary/aromatic N) is 2. The number of fused-ring (bicyclic) bond motifs is 1. The van der Waals surface area contributed by atoms with Gasteiger partial charge in [0.2, 0.25) is 0 Å². The second-order valence-corrected chi connectivity index (χ2v) is 7.86. The highest BCUT2D eigenvalue weighted by atomic mass is 19.1. The van der Waals surface area contributed by atoms with E-state index in [1.807, 2.05) is 42.5 Å². The molecule has 1 N–H and O–H groups in total. The fourth-order valence-electron chi connectivity index (χ4n) is 3.90. The number of carbonyl (C=O) groups excluding carboxylic acids is 1. The Morgan fingerprint density at radius 1 is 0.971 bits per heavy atom. The molecule has 0 aliphatic carbocycles. The first-order valence-electron chi connectivity index (χ1n) is 11.4. The van der Waals surface area contributed by atoms with Gasteiger partial charge in [0.1, 0.15) is 11.6 Å². The van der Waals surface area contributed by atoms with E-state index in [4.69, 9.17) is 14.5 Å². The average molecular weight is 462 g/mol. The molecular weight excluding hydrogens is 433 g/mol. The van der Waals surface area contributed by atoms with Gasteiger partial charge >= 0.3 is 0 Å². The molecule has 0 aliphatic heterocycles. The Kier molecular flexibility index (Phi) is 7.75. The predicted octanol–water partition coefficient (Wildman–Crippen LogP) is 5.02. The van der Waals surface area contributed by atoms with Gasteiger partial charge in [0.05, 0.1) is 30.3 Å². The molecule has 0 bridgehead atoms. The Morgan fingerprint density at radius 2 is 1.71 bits per heavy atom. The van der Waals surface area contributed by atoms with Crippen LogP contribution in [0.5, 0.6) is 11.5 Å². The number of para-hydroxylation sites is 4. The number of amides is 1. The van der Waals surface area contributed by atoms with Gasteiger partial charge in [-0.25, -0.2) is 9.37 Å². The lowest BCUT2D eigenvalue weighted by Gasteiger charge is -2.12. The summed E-state index contributed by atoms with van der Waals surface area (Å²) in [6.45, 7) is 1.74. The number of ether oxygens (including phenoxy) is 2. The predicted molar refractivity (Wildman–Crippen MR) is 130 cm³/mol.